The first-order chi connectivity index (χ1) is 9.38. The van der Waals surface area contributed by atoms with Crippen LogP contribution in [0, 0.1) is 5.92 Å². The van der Waals surface area contributed by atoms with Gasteiger partial charge in [0.05, 0.1) is 10.7 Å². The topological polar surface area (TPSA) is 50.2 Å². The predicted molar refractivity (Wildman–Crippen MR) is 85.8 cm³/mol. The average molecular weight is 375 g/mol. The third-order valence-corrected chi connectivity index (χ3v) is 5.01. The van der Waals surface area contributed by atoms with Crippen molar-refractivity contribution in [1.82, 2.24) is 4.98 Å². The Bertz CT molecular complexity index is 655. The first-order valence-corrected chi connectivity index (χ1v) is 8.05. The Balaban J connectivity index is 2.46. The molecule has 1 aromatic heterocycles. The van der Waals surface area contributed by atoms with E-state index in [9.17, 15) is 9.90 Å². The molecule has 1 aromatic carbocycles. The second kappa shape index (κ2) is 6.24. The van der Waals surface area contributed by atoms with Crippen molar-refractivity contribution in [2.24, 2.45) is 5.92 Å². The van der Waals surface area contributed by atoms with Gasteiger partial charge in [0.15, 0.2) is 0 Å². The van der Waals surface area contributed by atoms with Gasteiger partial charge in [0.1, 0.15) is 9.88 Å². The minimum absolute atomic E-state index is 0.319. The molecular weight excluding hydrogens is 362 g/mol. The summed E-state index contributed by atoms with van der Waals surface area (Å²) in [5.41, 5.74) is 1.52. The molecule has 2 rings (SSSR count). The lowest BCUT2D eigenvalue weighted by atomic mass is 10.1. The standard InChI is InChI=1S/C14H13BrClNO2S/c1-7(2)5-11-12(14(18)19)20-13(17-11)8-3-4-10(16)9(15)6-8/h3-4,6-7H,5H2,1-2H3,(H,18,19). The van der Waals surface area contributed by atoms with Crippen LogP contribution in [0.1, 0.15) is 29.2 Å². The van der Waals surface area contributed by atoms with Gasteiger partial charge in [-0.15, -0.1) is 11.3 Å². The van der Waals surface area contributed by atoms with Crippen molar-refractivity contribution in [2.45, 2.75) is 20.3 Å². The molecule has 1 heterocycles. The van der Waals surface area contributed by atoms with Gasteiger partial charge in [-0.3, -0.25) is 0 Å². The summed E-state index contributed by atoms with van der Waals surface area (Å²) < 4.78 is 0.772. The predicted octanol–water partition coefficient (Wildman–Crippen LogP) is 5.12. The SMILES string of the molecule is CC(C)Cc1nc(-c2ccc(Cl)c(Br)c2)sc1C(=O)O. The Hall–Kier alpha value is -0.910. The summed E-state index contributed by atoms with van der Waals surface area (Å²) in [6, 6.07) is 5.47. The lowest BCUT2D eigenvalue weighted by Crippen LogP contribution is -2.02. The molecule has 20 heavy (non-hydrogen) atoms. The van der Waals surface area contributed by atoms with Gasteiger partial charge >= 0.3 is 5.97 Å². The maximum Gasteiger partial charge on any atom is 0.347 e. The third kappa shape index (κ3) is 3.40. The molecule has 0 saturated carbocycles. The van der Waals surface area contributed by atoms with E-state index >= 15 is 0 Å². The first kappa shape index (κ1) is 15.5. The second-order valence-electron chi connectivity index (χ2n) is 4.83. The van der Waals surface area contributed by atoms with Crippen molar-refractivity contribution < 1.29 is 9.90 Å². The zero-order valence-corrected chi connectivity index (χ0v) is 14.1. The van der Waals surface area contributed by atoms with E-state index in [0.717, 1.165) is 10.0 Å². The van der Waals surface area contributed by atoms with Crippen LogP contribution < -0.4 is 0 Å². The number of carbonyl (C=O) groups is 1. The van der Waals surface area contributed by atoms with E-state index in [0.29, 0.717) is 32.9 Å². The van der Waals surface area contributed by atoms with Gasteiger partial charge in [0.2, 0.25) is 0 Å². The van der Waals surface area contributed by atoms with Gasteiger partial charge in [0.25, 0.3) is 0 Å². The Labute approximate surface area is 134 Å². The highest BCUT2D eigenvalue weighted by Gasteiger charge is 2.19. The number of rotatable bonds is 4. The fraction of sp³-hybridized carbons (Fsp3) is 0.286. The fourth-order valence-corrected chi connectivity index (χ4v) is 3.22. The zero-order valence-electron chi connectivity index (χ0n) is 11.0. The van der Waals surface area contributed by atoms with Crippen LogP contribution in [0.15, 0.2) is 22.7 Å². The van der Waals surface area contributed by atoms with Crippen LogP contribution in [-0.2, 0) is 6.42 Å². The number of aromatic carboxylic acids is 1. The highest BCUT2D eigenvalue weighted by Crippen LogP contribution is 2.33. The average Bonchev–Trinajstić information content (AvgIpc) is 2.76. The Morgan fingerprint density at radius 3 is 2.75 bits per heavy atom. The van der Waals surface area contributed by atoms with Crippen LogP contribution in [0.5, 0.6) is 0 Å². The highest BCUT2D eigenvalue weighted by molar-refractivity contribution is 9.10. The van der Waals surface area contributed by atoms with Gasteiger partial charge in [-0.05, 0) is 40.4 Å². The number of hydrogen-bond acceptors (Lipinski definition) is 3. The molecule has 0 radical (unpaired) electrons. The van der Waals surface area contributed by atoms with Gasteiger partial charge < -0.3 is 5.11 Å². The molecule has 0 aliphatic carbocycles. The van der Waals surface area contributed by atoms with Crippen molar-refractivity contribution >= 4 is 44.8 Å². The Morgan fingerprint density at radius 2 is 2.20 bits per heavy atom. The van der Waals surface area contributed by atoms with Crippen molar-refractivity contribution in [1.29, 1.82) is 0 Å². The molecule has 2 aromatic rings. The number of aromatic nitrogens is 1. The summed E-state index contributed by atoms with van der Waals surface area (Å²) in [6.45, 7) is 4.09. The molecule has 106 valence electrons. The molecule has 0 amide bonds. The Kier molecular flexibility index (Phi) is 4.83. The summed E-state index contributed by atoms with van der Waals surface area (Å²) in [4.78, 5) is 16.1. The van der Waals surface area contributed by atoms with E-state index in [1.807, 2.05) is 26.0 Å². The lowest BCUT2D eigenvalue weighted by Gasteiger charge is -2.02. The van der Waals surface area contributed by atoms with Gasteiger partial charge in [-0.2, -0.15) is 0 Å². The Morgan fingerprint density at radius 1 is 1.50 bits per heavy atom. The van der Waals surface area contributed by atoms with Crippen molar-refractivity contribution in [2.75, 3.05) is 0 Å². The van der Waals surface area contributed by atoms with Gasteiger partial charge in [0, 0.05) is 10.0 Å². The minimum Gasteiger partial charge on any atom is -0.477 e. The van der Waals surface area contributed by atoms with Crippen LogP contribution >= 0.6 is 38.9 Å². The smallest absolute Gasteiger partial charge is 0.347 e. The molecule has 0 bridgehead atoms. The first-order valence-electron chi connectivity index (χ1n) is 6.07. The van der Waals surface area contributed by atoms with Crippen LogP contribution in [0.4, 0.5) is 0 Å². The van der Waals surface area contributed by atoms with Crippen LogP contribution in [0.25, 0.3) is 10.6 Å². The monoisotopic (exact) mass is 373 g/mol. The van der Waals surface area contributed by atoms with Gasteiger partial charge in [-0.25, -0.2) is 9.78 Å². The van der Waals surface area contributed by atoms with Crippen LogP contribution in [0.3, 0.4) is 0 Å². The summed E-state index contributed by atoms with van der Waals surface area (Å²) in [5, 5.41) is 10.6. The summed E-state index contributed by atoms with van der Waals surface area (Å²) in [7, 11) is 0. The molecule has 6 heteroatoms. The van der Waals surface area contributed by atoms with Crippen molar-refractivity contribution in [3.05, 3.63) is 38.3 Å². The highest BCUT2D eigenvalue weighted by atomic mass is 79.9. The number of carboxylic acids is 1. The van der Waals surface area contributed by atoms with E-state index in [1.54, 1.807) is 6.07 Å². The zero-order chi connectivity index (χ0) is 14.9. The molecule has 0 fully saturated rings. The molecule has 0 aliphatic rings. The van der Waals surface area contributed by atoms with E-state index < -0.39 is 5.97 Å². The number of nitrogens with zero attached hydrogens (tertiary/aromatic N) is 1. The molecule has 3 nitrogen and oxygen atoms in total. The molecule has 0 saturated heterocycles. The molecule has 0 spiro atoms. The van der Waals surface area contributed by atoms with Crippen LogP contribution in [0.2, 0.25) is 5.02 Å². The summed E-state index contributed by atoms with van der Waals surface area (Å²) in [5.74, 6) is -0.558. The minimum atomic E-state index is -0.919. The maximum absolute atomic E-state index is 11.3. The maximum atomic E-state index is 11.3. The van der Waals surface area contributed by atoms with Crippen molar-refractivity contribution in [3.8, 4) is 10.6 Å². The molecule has 0 atom stereocenters. The molecule has 0 unspecified atom stereocenters. The third-order valence-electron chi connectivity index (χ3n) is 2.66. The number of hydrogen-bond donors (Lipinski definition) is 1. The number of benzene rings is 1. The lowest BCUT2D eigenvalue weighted by molar-refractivity contribution is 0.0700. The summed E-state index contributed by atoms with van der Waals surface area (Å²) >= 11 is 10.5. The molecular formula is C14H13BrClNO2S. The number of carboxylic acid groups (broad SMARTS) is 1. The fourth-order valence-electron chi connectivity index (χ4n) is 1.80. The number of thiazole rings is 1. The second-order valence-corrected chi connectivity index (χ2v) is 7.09. The normalized spacial score (nSPS) is 11.1. The summed E-state index contributed by atoms with van der Waals surface area (Å²) in [6.07, 6.45) is 0.660. The van der Waals surface area contributed by atoms with E-state index in [-0.39, 0.29) is 0 Å². The van der Waals surface area contributed by atoms with E-state index in [4.69, 9.17) is 11.6 Å². The van der Waals surface area contributed by atoms with E-state index in [2.05, 4.69) is 20.9 Å². The van der Waals surface area contributed by atoms with E-state index in [1.165, 1.54) is 11.3 Å². The van der Waals surface area contributed by atoms with Gasteiger partial charge in [-0.1, -0.05) is 31.5 Å². The quantitative estimate of drug-likeness (QED) is 0.807. The number of halogens is 2. The molecule has 0 aliphatic heterocycles. The van der Waals surface area contributed by atoms with Crippen molar-refractivity contribution in [3.63, 3.8) is 0 Å². The van der Waals surface area contributed by atoms with Crippen LogP contribution in [-0.4, -0.2) is 16.1 Å². The molecule has 1 N–H and O–H groups in total. The largest absolute Gasteiger partial charge is 0.477 e.